The summed E-state index contributed by atoms with van der Waals surface area (Å²) in [6.07, 6.45) is 0.914. The molecule has 76 valence electrons. The van der Waals surface area contributed by atoms with Crippen LogP contribution < -0.4 is 0 Å². The molecule has 15 heavy (non-hydrogen) atoms. The maximum absolute atomic E-state index is 11.1. The predicted molar refractivity (Wildman–Crippen MR) is 61.7 cm³/mol. The van der Waals surface area contributed by atoms with E-state index in [1.54, 1.807) is 23.1 Å². The van der Waals surface area contributed by atoms with Crippen molar-refractivity contribution in [2.45, 2.75) is 11.7 Å². The maximum atomic E-state index is 11.1. The van der Waals surface area contributed by atoms with Crippen LogP contribution in [0.1, 0.15) is 10.5 Å². The van der Waals surface area contributed by atoms with Crippen LogP contribution in [0.2, 0.25) is 0 Å². The monoisotopic (exact) mass is 236 g/mol. The molecule has 5 heteroatoms. The first-order valence-corrected chi connectivity index (χ1v) is 6.49. The molecular formula is C10H8N2OS2. The summed E-state index contributed by atoms with van der Waals surface area (Å²) in [6, 6.07) is 3.98. The highest BCUT2D eigenvalue weighted by molar-refractivity contribution is 7.99. The third kappa shape index (κ3) is 1.34. The van der Waals surface area contributed by atoms with Crippen molar-refractivity contribution in [2.75, 3.05) is 5.75 Å². The van der Waals surface area contributed by atoms with Crippen molar-refractivity contribution in [3.8, 4) is 10.6 Å². The van der Waals surface area contributed by atoms with Gasteiger partial charge in [-0.25, -0.2) is 4.98 Å². The van der Waals surface area contributed by atoms with Gasteiger partial charge in [0, 0.05) is 12.3 Å². The Labute approximate surface area is 95.1 Å². The van der Waals surface area contributed by atoms with Gasteiger partial charge in [0.1, 0.15) is 11.4 Å². The van der Waals surface area contributed by atoms with Gasteiger partial charge in [-0.1, -0.05) is 17.8 Å². The number of nitrogens with zero attached hydrogens (tertiary/aromatic N) is 2. The molecule has 2 aromatic heterocycles. The Hall–Kier alpha value is -1.07. The largest absolute Gasteiger partial charge is 0.315 e. The summed E-state index contributed by atoms with van der Waals surface area (Å²) in [5.41, 5.74) is 1.56. The molecule has 0 fully saturated rings. The van der Waals surface area contributed by atoms with E-state index >= 15 is 0 Å². The summed E-state index contributed by atoms with van der Waals surface area (Å²) in [4.78, 5) is 16.7. The minimum Gasteiger partial charge on any atom is -0.315 e. The number of carbonyl (C=O) groups is 1. The van der Waals surface area contributed by atoms with E-state index in [0.717, 1.165) is 40.0 Å². The van der Waals surface area contributed by atoms with Gasteiger partial charge in [-0.15, -0.1) is 11.3 Å². The molecule has 0 aliphatic carbocycles. The SMILES string of the molecule is O=Cc1c(-c2cccs2)nc2n1CCS2. The number of fused-ring (bicyclic) bond motifs is 1. The number of hydrogen-bond donors (Lipinski definition) is 0. The smallest absolute Gasteiger partial charge is 0.169 e. The van der Waals surface area contributed by atoms with E-state index in [4.69, 9.17) is 0 Å². The van der Waals surface area contributed by atoms with Crippen LogP contribution in [-0.2, 0) is 6.54 Å². The Morgan fingerprint density at radius 2 is 2.47 bits per heavy atom. The predicted octanol–water partition coefficient (Wildman–Crippen LogP) is 2.53. The lowest BCUT2D eigenvalue weighted by Gasteiger charge is -1.97. The summed E-state index contributed by atoms with van der Waals surface area (Å²) in [5.74, 6) is 1.02. The molecule has 1 aliphatic rings. The highest BCUT2D eigenvalue weighted by Crippen LogP contribution is 2.33. The zero-order valence-corrected chi connectivity index (χ0v) is 9.48. The quantitative estimate of drug-likeness (QED) is 0.752. The minimum atomic E-state index is 0.720. The Kier molecular flexibility index (Phi) is 2.14. The molecule has 3 nitrogen and oxygen atoms in total. The molecule has 0 saturated heterocycles. The molecular weight excluding hydrogens is 228 g/mol. The van der Waals surface area contributed by atoms with Crippen LogP contribution in [0.3, 0.4) is 0 Å². The molecule has 1 aliphatic heterocycles. The van der Waals surface area contributed by atoms with E-state index in [9.17, 15) is 4.79 Å². The molecule has 3 rings (SSSR count). The van der Waals surface area contributed by atoms with Gasteiger partial charge in [0.25, 0.3) is 0 Å². The molecule has 0 unspecified atom stereocenters. The van der Waals surface area contributed by atoms with Gasteiger partial charge in [-0.3, -0.25) is 4.79 Å². The number of carbonyl (C=O) groups excluding carboxylic acids is 1. The third-order valence-corrected chi connectivity index (χ3v) is 4.22. The molecule has 3 heterocycles. The number of rotatable bonds is 2. The fraction of sp³-hybridized carbons (Fsp3) is 0.200. The highest BCUT2D eigenvalue weighted by atomic mass is 32.2. The van der Waals surface area contributed by atoms with E-state index < -0.39 is 0 Å². The minimum absolute atomic E-state index is 0.720. The Morgan fingerprint density at radius 1 is 1.53 bits per heavy atom. The van der Waals surface area contributed by atoms with Gasteiger partial charge in [0.2, 0.25) is 0 Å². The number of thiophene rings is 1. The molecule has 0 radical (unpaired) electrons. The van der Waals surface area contributed by atoms with Crippen LogP contribution in [0.25, 0.3) is 10.6 Å². The maximum Gasteiger partial charge on any atom is 0.169 e. The first kappa shape index (κ1) is 9.18. The van der Waals surface area contributed by atoms with Crippen LogP contribution >= 0.6 is 23.1 Å². The average Bonchev–Trinajstić information content (AvgIpc) is 2.93. The van der Waals surface area contributed by atoms with E-state index in [1.165, 1.54) is 0 Å². The van der Waals surface area contributed by atoms with E-state index in [2.05, 4.69) is 4.98 Å². The Morgan fingerprint density at radius 3 is 3.20 bits per heavy atom. The van der Waals surface area contributed by atoms with Crippen LogP contribution in [0, 0.1) is 0 Å². The zero-order valence-electron chi connectivity index (χ0n) is 7.84. The van der Waals surface area contributed by atoms with Crippen molar-refractivity contribution in [1.29, 1.82) is 0 Å². The van der Waals surface area contributed by atoms with E-state index in [0.29, 0.717) is 0 Å². The lowest BCUT2D eigenvalue weighted by molar-refractivity contribution is 0.111. The van der Waals surface area contributed by atoms with Gasteiger partial charge in [-0.05, 0) is 11.4 Å². The second-order valence-electron chi connectivity index (χ2n) is 3.22. The van der Waals surface area contributed by atoms with Gasteiger partial charge < -0.3 is 4.57 Å². The summed E-state index contributed by atoms with van der Waals surface area (Å²) in [5, 5.41) is 2.97. The van der Waals surface area contributed by atoms with Crippen molar-refractivity contribution in [3.63, 3.8) is 0 Å². The molecule has 0 spiro atoms. The van der Waals surface area contributed by atoms with Crippen LogP contribution in [0.15, 0.2) is 22.7 Å². The number of aromatic nitrogens is 2. The first-order chi connectivity index (χ1) is 7.40. The molecule has 0 saturated carbocycles. The summed E-state index contributed by atoms with van der Waals surface area (Å²) in [7, 11) is 0. The third-order valence-electron chi connectivity index (χ3n) is 2.38. The van der Waals surface area contributed by atoms with Crippen molar-refractivity contribution in [2.24, 2.45) is 0 Å². The van der Waals surface area contributed by atoms with Gasteiger partial charge in [0.15, 0.2) is 11.4 Å². The van der Waals surface area contributed by atoms with Gasteiger partial charge in [0.05, 0.1) is 4.88 Å². The Balaban J connectivity index is 2.20. The highest BCUT2D eigenvalue weighted by Gasteiger charge is 2.22. The lowest BCUT2D eigenvalue weighted by atomic mass is 10.3. The first-order valence-electron chi connectivity index (χ1n) is 4.62. The average molecular weight is 236 g/mol. The normalized spacial score (nSPS) is 14.1. The van der Waals surface area contributed by atoms with Crippen molar-refractivity contribution in [1.82, 2.24) is 9.55 Å². The molecule has 0 amide bonds. The number of hydrogen-bond acceptors (Lipinski definition) is 4. The second kappa shape index (κ2) is 3.50. The van der Waals surface area contributed by atoms with E-state index in [-0.39, 0.29) is 0 Å². The van der Waals surface area contributed by atoms with Crippen molar-refractivity contribution < 1.29 is 4.79 Å². The fourth-order valence-corrected chi connectivity index (χ4v) is 3.39. The lowest BCUT2D eigenvalue weighted by Crippen LogP contribution is -1.99. The molecule has 0 atom stereocenters. The summed E-state index contributed by atoms with van der Waals surface area (Å²) >= 11 is 3.33. The standard InChI is InChI=1S/C10H8N2OS2/c13-6-7-9(8-2-1-4-14-8)11-10-12(7)3-5-15-10/h1-2,4,6H,3,5H2. The topological polar surface area (TPSA) is 34.9 Å². The fourth-order valence-electron chi connectivity index (χ4n) is 1.71. The van der Waals surface area contributed by atoms with Crippen molar-refractivity contribution in [3.05, 3.63) is 23.2 Å². The summed E-state index contributed by atoms with van der Waals surface area (Å²) < 4.78 is 2.01. The zero-order chi connectivity index (χ0) is 10.3. The van der Waals surface area contributed by atoms with Crippen LogP contribution in [-0.4, -0.2) is 21.6 Å². The second-order valence-corrected chi connectivity index (χ2v) is 5.23. The number of aldehydes is 1. The number of thioether (sulfide) groups is 1. The van der Waals surface area contributed by atoms with Gasteiger partial charge >= 0.3 is 0 Å². The van der Waals surface area contributed by atoms with Gasteiger partial charge in [-0.2, -0.15) is 0 Å². The molecule has 0 aromatic carbocycles. The summed E-state index contributed by atoms with van der Waals surface area (Å²) in [6.45, 7) is 0.895. The van der Waals surface area contributed by atoms with E-state index in [1.807, 2.05) is 22.1 Å². The Bertz CT molecular complexity index is 502. The molecule has 2 aromatic rings. The van der Waals surface area contributed by atoms with Crippen molar-refractivity contribution >= 4 is 29.4 Å². The van der Waals surface area contributed by atoms with Crippen LogP contribution in [0.5, 0.6) is 0 Å². The molecule has 0 N–H and O–H groups in total. The number of imidazole rings is 1. The van der Waals surface area contributed by atoms with Crippen LogP contribution in [0.4, 0.5) is 0 Å². The molecule has 0 bridgehead atoms.